The van der Waals surface area contributed by atoms with E-state index in [1.807, 2.05) is 18.2 Å². The molecule has 0 amide bonds. The van der Waals surface area contributed by atoms with Crippen LogP contribution in [0.2, 0.25) is 0 Å². The minimum Gasteiger partial charge on any atom is -0.508 e. The van der Waals surface area contributed by atoms with Crippen molar-refractivity contribution in [2.45, 2.75) is 16.7 Å². The number of hydrogen-bond acceptors (Lipinski definition) is 3. The van der Waals surface area contributed by atoms with Gasteiger partial charge in [0.25, 0.3) is 0 Å². The van der Waals surface area contributed by atoms with Crippen molar-refractivity contribution in [1.82, 2.24) is 0 Å². The van der Waals surface area contributed by atoms with Gasteiger partial charge >= 0.3 is 0 Å². The van der Waals surface area contributed by atoms with Crippen molar-refractivity contribution in [2.24, 2.45) is 4.99 Å². The molecule has 114 valence electrons. The highest BCUT2D eigenvalue weighted by atomic mass is 32.2. The summed E-state index contributed by atoms with van der Waals surface area (Å²) in [5, 5.41) is 9.43. The SMILES string of the molecule is Cc1ccc(Sc2ccc(C=Nc3cccc(O)c3)cc2)cc1. The number of aromatic hydroxyl groups is 1. The Kier molecular flexibility index (Phi) is 4.79. The molecule has 1 N–H and O–H groups in total. The average Bonchev–Trinajstić information content (AvgIpc) is 2.56. The van der Waals surface area contributed by atoms with Crippen LogP contribution in [-0.4, -0.2) is 11.3 Å². The van der Waals surface area contributed by atoms with E-state index >= 15 is 0 Å². The maximum Gasteiger partial charge on any atom is 0.117 e. The molecule has 0 aliphatic carbocycles. The van der Waals surface area contributed by atoms with Crippen LogP contribution in [0.4, 0.5) is 5.69 Å². The van der Waals surface area contributed by atoms with Crippen LogP contribution in [0.1, 0.15) is 11.1 Å². The molecule has 3 aromatic rings. The van der Waals surface area contributed by atoms with Gasteiger partial charge in [-0.05, 0) is 48.9 Å². The first kappa shape index (κ1) is 15.4. The lowest BCUT2D eigenvalue weighted by Crippen LogP contribution is -1.81. The number of aliphatic imine (C=N–C) groups is 1. The van der Waals surface area contributed by atoms with E-state index in [2.05, 4.69) is 48.3 Å². The Balaban J connectivity index is 1.68. The van der Waals surface area contributed by atoms with Crippen LogP contribution < -0.4 is 0 Å². The third-order valence-electron chi connectivity index (χ3n) is 3.33. The summed E-state index contributed by atoms with van der Waals surface area (Å²) in [4.78, 5) is 6.80. The molecule has 3 aromatic carbocycles. The van der Waals surface area contributed by atoms with Gasteiger partial charge in [-0.15, -0.1) is 0 Å². The molecule has 3 rings (SSSR count). The summed E-state index contributed by atoms with van der Waals surface area (Å²) in [5.41, 5.74) is 3.04. The molecule has 0 saturated heterocycles. The fourth-order valence-electron chi connectivity index (χ4n) is 2.09. The molecule has 0 aliphatic heterocycles. The predicted molar refractivity (Wildman–Crippen MR) is 97.1 cm³/mol. The molecule has 0 bridgehead atoms. The van der Waals surface area contributed by atoms with Crippen molar-refractivity contribution in [3.8, 4) is 5.75 Å². The van der Waals surface area contributed by atoms with Gasteiger partial charge in [-0.25, -0.2) is 0 Å². The summed E-state index contributed by atoms with van der Waals surface area (Å²) in [6, 6.07) is 23.7. The van der Waals surface area contributed by atoms with Crippen molar-refractivity contribution in [2.75, 3.05) is 0 Å². The largest absolute Gasteiger partial charge is 0.508 e. The Hall–Kier alpha value is -2.52. The Morgan fingerprint density at radius 2 is 1.52 bits per heavy atom. The third-order valence-corrected chi connectivity index (χ3v) is 4.34. The molecule has 23 heavy (non-hydrogen) atoms. The second-order valence-corrected chi connectivity index (χ2v) is 6.41. The molecule has 0 atom stereocenters. The molecule has 0 aliphatic rings. The topological polar surface area (TPSA) is 32.6 Å². The van der Waals surface area contributed by atoms with Crippen LogP contribution >= 0.6 is 11.8 Å². The lowest BCUT2D eigenvalue weighted by atomic mass is 10.2. The summed E-state index contributed by atoms with van der Waals surface area (Å²) in [5.74, 6) is 0.226. The maximum atomic E-state index is 9.43. The summed E-state index contributed by atoms with van der Waals surface area (Å²) in [6.45, 7) is 2.09. The van der Waals surface area contributed by atoms with Gasteiger partial charge < -0.3 is 5.11 Å². The molecular weight excluding hydrogens is 302 g/mol. The molecule has 0 radical (unpaired) electrons. The number of phenolic OH excluding ortho intramolecular Hbond substituents is 1. The molecule has 3 heteroatoms. The maximum absolute atomic E-state index is 9.43. The first-order valence-electron chi connectivity index (χ1n) is 7.37. The van der Waals surface area contributed by atoms with E-state index in [-0.39, 0.29) is 5.75 Å². The fraction of sp³-hybridized carbons (Fsp3) is 0.0500. The van der Waals surface area contributed by atoms with Gasteiger partial charge in [0, 0.05) is 22.1 Å². The van der Waals surface area contributed by atoms with Crippen LogP contribution in [0.3, 0.4) is 0 Å². The smallest absolute Gasteiger partial charge is 0.117 e. The van der Waals surface area contributed by atoms with Gasteiger partial charge in [0.15, 0.2) is 0 Å². The highest BCUT2D eigenvalue weighted by molar-refractivity contribution is 7.99. The van der Waals surface area contributed by atoms with Crippen molar-refractivity contribution >= 4 is 23.7 Å². The number of benzene rings is 3. The van der Waals surface area contributed by atoms with E-state index in [1.54, 1.807) is 36.2 Å². The Labute approximate surface area is 140 Å². The van der Waals surface area contributed by atoms with E-state index in [9.17, 15) is 5.11 Å². The summed E-state index contributed by atoms with van der Waals surface area (Å²) < 4.78 is 0. The quantitative estimate of drug-likeness (QED) is 0.635. The monoisotopic (exact) mass is 319 g/mol. The van der Waals surface area contributed by atoms with Gasteiger partial charge in [-0.2, -0.15) is 0 Å². The molecule has 0 aromatic heterocycles. The Morgan fingerprint density at radius 3 is 2.17 bits per heavy atom. The summed E-state index contributed by atoms with van der Waals surface area (Å²) >= 11 is 1.74. The minimum absolute atomic E-state index is 0.226. The zero-order chi connectivity index (χ0) is 16.1. The second kappa shape index (κ2) is 7.16. The molecule has 0 saturated carbocycles. The highest BCUT2D eigenvalue weighted by Gasteiger charge is 1.98. The highest BCUT2D eigenvalue weighted by Crippen LogP contribution is 2.27. The first-order valence-corrected chi connectivity index (χ1v) is 8.18. The van der Waals surface area contributed by atoms with E-state index in [0.717, 1.165) is 11.3 Å². The molecular formula is C20H17NOS. The fourth-order valence-corrected chi connectivity index (χ4v) is 2.90. The standard InChI is InChI=1S/C20H17NOS/c1-15-5-9-19(10-6-15)23-20-11-7-16(8-12-20)14-21-17-3-2-4-18(22)13-17/h2-14,22H,1H3. The Bertz CT molecular complexity index is 808. The van der Waals surface area contributed by atoms with Gasteiger partial charge in [-0.1, -0.05) is 47.7 Å². The van der Waals surface area contributed by atoms with Crippen molar-refractivity contribution < 1.29 is 5.11 Å². The lowest BCUT2D eigenvalue weighted by Gasteiger charge is -2.03. The number of rotatable bonds is 4. The van der Waals surface area contributed by atoms with Gasteiger partial charge in [0.2, 0.25) is 0 Å². The van der Waals surface area contributed by atoms with E-state index in [4.69, 9.17) is 0 Å². The molecule has 0 spiro atoms. The van der Waals surface area contributed by atoms with Crippen LogP contribution in [0.25, 0.3) is 0 Å². The number of hydrogen-bond donors (Lipinski definition) is 1. The number of nitrogens with zero attached hydrogens (tertiary/aromatic N) is 1. The van der Waals surface area contributed by atoms with E-state index in [1.165, 1.54) is 15.4 Å². The zero-order valence-corrected chi connectivity index (χ0v) is 13.6. The number of phenols is 1. The first-order chi connectivity index (χ1) is 11.2. The van der Waals surface area contributed by atoms with Crippen molar-refractivity contribution in [1.29, 1.82) is 0 Å². The van der Waals surface area contributed by atoms with Crippen molar-refractivity contribution in [3.63, 3.8) is 0 Å². The molecule has 0 heterocycles. The second-order valence-electron chi connectivity index (χ2n) is 5.26. The summed E-state index contributed by atoms with van der Waals surface area (Å²) in [6.07, 6.45) is 1.80. The minimum atomic E-state index is 0.226. The van der Waals surface area contributed by atoms with Crippen LogP contribution in [0.15, 0.2) is 87.6 Å². The zero-order valence-electron chi connectivity index (χ0n) is 12.8. The average molecular weight is 319 g/mol. The molecule has 0 fully saturated rings. The predicted octanol–water partition coefficient (Wildman–Crippen LogP) is 5.60. The van der Waals surface area contributed by atoms with E-state index in [0.29, 0.717) is 0 Å². The van der Waals surface area contributed by atoms with Crippen molar-refractivity contribution in [3.05, 3.63) is 83.9 Å². The van der Waals surface area contributed by atoms with Crippen LogP contribution in [-0.2, 0) is 0 Å². The summed E-state index contributed by atoms with van der Waals surface area (Å²) in [7, 11) is 0. The van der Waals surface area contributed by atoms with Crippen LogP contribution in [0, 0.1) is 6.92 Å². The number of aryl methyl sites for hydroxylation is 1. The van der Waals surface area contributed by atoms with Gasteiger partial charge in [0.05, 0.1) is 5.69 Å². The third kappa shape index (κ3) is 4.47. The molecule has 0 unspecified atom stereocenters. The molecule has 2 nitrogen and oxygen atoms in total. The van der Waals surface area contributed by atoms with Gasteiger partial charge in [-0.3, -0.25) is 4.99 Å². The Morgan fingerprint density at radius 1 is 0.870 bits per heavy atom. The van der Waals surface area contributed by atoms with Crippen LogP contribution in [0.5, 0.6) is 5.75 Å². The lowest BCUT2D eigenvalue weighted by molar-refractivity contribution is 0.475. The normalized spacial score (nSPS) is 11.0. The van der Waals surface area contributed by atoms with E-state index < -0.39 is 0 Å². The van der Waals surface area contributed by atoms with Gasteiger partial charge in [0.1, 0.15) is 5.75 Å².